The number of ether oxygens (including phenoxy) is 1. The van der Waals surface area contributed by atoms with Crippen LogP contribution < -0.4 is 0 Å². The van der Waals surface area contributed by atoms with Crippen molar-refractivity contribution in [1.29, 1.82) is 0 Å². The van der Waals surface area contributed by atoms with Crippen LogP contribution in [0.1, 0.15) is 53.6 Å². The van der Waals surface area contributed by atoms with Crippen molar-refractivity contribution in [1.82, 2.24) is 20.2 Å². The first-order valence-electron chi connectivity index (χ1n) is 11.1. The molecule has 0 unspecified atom stereocenters. The summed E-state index contributed by atoms with van der Waals surface area (Å²) in [4.78, 5) is 0. The van der Waals surface area contributed by atoms with E-state index in [4.69, 9.17) is 4.74 Å². The number of hydrogen-bond donors (Lipinski definition) is 0. The third kappa shape index (κ3) is 4.12. The number of aryl methyl sites for hydroxylation is 1. The van der Waals surface area contributed by atoms with E-state index >= 15 is 0 Å². The van der Waals surface area contributed by atoms with E-state index in [2.05, 4.69) is 38.1 Å². The van der Waals surface area contributed by atoms with Gasteiger partial charge in [0.05, 0.1) is 17.9 Å². The molecule has 1 aromatic heterocycles. The Balaban J connectivity index is 1.47. The number of hydrogen-bond acceptors (Lipinski definition) is 4. The minimum atomic E-state index is -4.66. The van der Waals surface area contributed by atoms with Gasteiger partial charge < -0.3 is 4.74 Å². The maximum atomic E-state index is 13.6. The topological polar surface area (TPSA) is 52.8 Å². The van der Waals surface area contributed by atoms with Gasteiger partial charge in [0.25, 0.3) is 5.82 Å². The Morgan fingerprint density at radius 2 is 1.94 bits per heavy atom. The number of benzene rings is 2. The normalized spacial score (nSPS) is 27.1. The van der Waals surface area contributed by atoms with Gasteiger partial charge in [-0.2, -0.15) is 17.9 Å². The summed E-state index contributed by atoms with van der Waals surface area (Å²) >= 11 is 2.41. The first kappa shape index (κ1) is 23.7. The summed E-state index contributed by atoms with van der Waals surface area (Å²) < 4.78 is 61.9. The Hall–Kier alpha value is -2.08. The van der Waals surface area contributed by atoms with Crippen molar-refractivity contribution in [3.05, 3.63) is 70.8 Å². The zero-order valence-electron chi connectivity index (χ0n) is 18.4. The van der Waals surface area contributed by atoms with Crippen LogP contribution in [0.5, 0.6) is 0 Å². The average Bonchev–Trinajstić information content (AvgIpc) is 3.54. The van der Waals surface area contributed by atoms with E-state index in [1.807, 2.05) is 19.1 Å². The molecule has 1 aliphatic carbocycles. The van der Waals surface area contributed by atoms with Gasteiger partial charge in [0.15, 0.2) is 0 Å². The molecule has 2 fully saturated rings. The Morgan fingerprint density at radius 3 is 2.65 bits per heavy atom. The molecule has 4 atom stereocenters. The molecule has 2 heterocycles. The first-order chi connectivity index (χ1) is 16.2. The standard InChI is InChI=1S/C24H23F4IN4O/c1-14-2-7-19(33-22(24(26,27)28)30-31-32-33)10-20(14)17-11-23(34-13-17)9-8-16(12-29)21(23)15-3-5-18(25)6-4-15/h2-7,10,16-17,21H,8-9,11-13H2,1H3/t16-,17-,21-,23-/m1/s1. The number of alkyl halides is 4. The maximum Gasteiger partial charge on any atom is 0.453 e. The monoisotopic (exact) mass is 586 g/mol. The summed E-state index contributed by atoms with van der Waals surface area (Å²) in [5.74, 6) is -0.817. The summed E-state index contributed by atoms with van der Waals surface area (Å²) in [6.45, 7) is 2.44. The molecule has 34 heavy (non-hydrogen) atoms. The van der Waals surface area contributed by atoms with Crippen LogP contribution in [0.4, 0.5) is 17.6 Å². The molecule has 5 rings (SSSR count). The molecule has 2 aliphatic rings. The molecule has 1 saturated carbocycles. The quantitative estimate of drug-likeness (QED) is 0.214. The molecule has 0 radical (unpaired) electrons. The van der Waals surface area contributed by atoms with E-state index in [0.717, 1.165) is 45.1 Å². The van der Waals surface area contributed by atoms with Crippen LogP contribution in [-0.2, 0) is 10.9 Å². The van der Waals surface area contributed by atoms with E-state index in [1.165, 1.54) is 12.1 Å². The summed E-state index contributed by atoms with van der Waals surface area (Å²) in [6.07, 6.45) is -1.97. The summed E-state index contributed by atoms with van der Waals surface area (Å²) in [5, 5.41) is 9.97. The molecule has 1 aliphatic heterocycles. The highest BCUT2D eigenvalue weighted by Gasteiger charge is 2.54. The zero-order valence-corrected chi connectivity index (χ0v) is 20.6. The van der Waals surface area contributed by atoms with Crippen LogP contribution in [0.25, 0.3) is 5.69 Å². The highest BCUT2D eigenvalue weighted by molar-refractivity contribution is 14.1. The van der Waals surface area contributed by atoms with Crippen molar-refractivity contribution in [2.45, 2.75) is 49.8 Å². The first-order valence-corrected chi connectivity index (χ1v) is 12.7. The predicted molar refractivity (Wildman–Crippen MR) is 126 cm³/mol. The van der Waals surface area contributed by atoms with Gasteiger partial charge >= 0.3 is 6.18 Å². The Kier molecular flexibility index (Phi) is 6.16. The highest BCUT2D eigenvalue weighted by atomic mass is 127. The van der Waals surface area contributed by atoms with Crippen LogP contribution in [0, 0.1) is 18.7 Å². The summed E-state index contributed by atoms with van der Waals surface area (Å²) in [5.41, 5.74) is 2.90. The molecule has 5 nitrogen and oxygen atoms in total. The van der Waals surface area contributed by atoms with Gasteiger partial charge in [0.1, 0.15) is 5.82 Å². The molecule has 180 valence electrons. The van der Waals surface area contributed by atoms with Crippen molar-refractivity contribution in [2.75, 3.05) is 11.0 Å². The highest BCUT2D eigenvalue weighted by Crippen LogP contribution is 2.57. The fourth-order valence-electron chi connectivity index (χ4n) is 5.72. The van der Waals surface area contributed by atoms with Gasteiger partial charge in [-0.25, -0.2) is 4.39 Å². The molecule has 10 heteroatoms. The number of rotatable bonds is 4. The molecule has 0 bridgehead atoms. The van der Waals surface area contributed by atoms with Crippen LogP contribution in [0.2, 0.25) is 0 Å². The van der Waals surface area contributed by atoms with Crippen molar-refractivity contribution < 1.29 is 22.3 Å². The molecule has 1 spiro atoms. The molecule has 0 amide bonds. The van der Waals surface area contributed by atoms with Gasteiger partial charge in [-0.1, -0.05) is 40.8 Å². The molecular formula is C24H23F4IN4O. The third-order valence-electron chi connectivity index (χ3n) is 7.24. The van der Waals surface area contributed by atoms with Gasteiger partial charge in [-0.3, -0.25) is 0 Å². The second-order valence-corrected chi connectivity index (χ2v) is 10.1. The molecule has 0 N–H and O–H groups in total. The van der Waals surface area contributed by atoms with Crippen LogP contribution in [0.15, 0.2) is 42.5 Å². The third-order valence-corrected chi connectivity index (χ3v) is 8.37. The summed E-state index contributed by atoms with van der Waals surface area (Å²) in [7, 11) is 0. The zero-order chi connectivity index (χ0) is 24.1. The van der Waals surface area contributed by atoms with E-state index in [9.17, 15) is 17.6 Å². The molecular weight excluding hydrogens is 563 g/mol. The van der Waals surface area contributed by atoms with Crippen LogP contribution >= 0.6 is 22.6 Å². The molecule has 1 saturated heterocycles. The fraction of sp³-hybridized carbons (Fsp3) is 0.458. The van der Waals surface area contributed by atoms with Crippen LogP contribution in [0.3, 0.4) is 0 Å². The second kappa shape index (κ2) is 8.85. The summed E-state index contributed by atoms with van der Waals surface area (Å²) in [6, 6.07) is 11.8. The maximum absolute atomic E-state index is 13.6. The van der Waals surface area contributed by atoms with Crippen molar-refractivity contribution in [2.24, 2.45) is 5.92 Å². The number of nitrogens with zero attached hydrogens (tertiary/aromatic N) is 4. The van der Waals surface area contributed by atoms with E-state index < -0.39 is 12.0 Å². The molecule has 2 aromatic carbocycles. The van der Waals surface area contributed by atoms with E-state index in [0.29, 0.717) is 12.5 Å². The number of tetrazole rings is 1. The predicted octanol–water partition coefficient (Wildman–Crippen LogP) is 6.00. The number of aromatic nitrogens is 4. The minimum absolute atomic E-state index is 0.0293. The SMILES string of the molecule is Cc1ccc(-n2nnnc2C(F)(F)F)cc1[C@H]1CO[C@]2(CC[C@H](CI)[C@H]2c2ccc(F)cc2)C1. The largest absolute Gasteiger partial charge is 0.453 e. The lowest BCUT2D eigenvalue weighted by atomic mass is 9.76. The average molecular weight is 586 g/mol. The van der Waals surface area contributed by atoms with Gasteiger partial charge in [0, 0.05) is 16.3 Å². The van der Waals surface area contributed by atoms with Crippen molar-refractivity contribution in [3.8, 4) is 5.69 Å². The Bertz CT molecular complexity index is 1180. The van der Waals surface area contributed by atoms with Crippen LogP contribution in [-0.4, -0.2) is 36.8 Å². The lowest BCUT2D eigenvalue weighted by molar-refractivity contribution is -0.146. The van der Waals surface area contributed by atoms with E-state index in [-0.39, 0.29) is 28.9 Å². The minimum Gasteiger partial charge on any atom is -0.374 e. The van der Waals surface area contributed by atoms with Gasteiger partial charge in [0.2, 0.25) is 0 Å². The van der Waals surface area contributed by atoms with Gasteiger partial charge in [-0.15, -0.1) is 5.10 Å². The Morgan fingerprint density at radius 1 is 1.18 bits per heavy atom. The second-order valence-electron chi connectivity index (χ2n) is 9.21. The fourth-order valence-corrected chi connectivity index (χ4v) is 6.67. The lowest BCUT2D eigenvalue weighted by Gasteiger charge is -2.33. The Labute approximate surface area is 208 Å². The van der Waals surface area contributed by atoms with Crippen molar-refractivity contribution in [3.63, 3.8) is 0 Å². The lowest BCUT2D eigenvalue weighted by Crippen LogP contribution is -2.33. The van der Waals surface area contributed by atoms with Gasteiger partial charge in [-0.05, 0) is 83.5 Å². The van der Waals surface area contributed by atoms with E-state index in [1.54, 1.807) is 18.2 Å². The molecule has 3 aromatic rings. The number of halogens is 5. The smallest absolute Gasteiger partial charge is 0.374 e. The van der Waals surface area contributed by atoms with Crippen molar-refractivity contribution >= 4 is 22.6 Å².